The number of carbonyl (C=O) groups is 1. The molecule has 6 heteroatoms. The lowest BCUT2D eigenvalue weighted by molar-refractivity contribution is -0.133. The van der Waals surface area contributed by atoms with Gasteiger partial charge in [0, 0.05) is 12.1 Å². The van der Waals surface area contributed by atoms with Gasteiger partial charge in [-0.1, -0.05) is 36.0 Å². The van der Waals surface area contributed by atoms with Crippen molar-refractivity contribution in [1.29, 1.82) is 0 Å². The molecule has 2 aromatic rings. The zero-order valence-corrected chi connectivity index (χ0v) is 11.6. The molecule has 0 radical (unpaired) electrons. The van der Waals surface area contributed by atoms with Crippen molar-refractivity contribution in [3.8, 4) is 11.4 Å². The minimum absolute atomic E-state index is 0.00803. The number of rotatable bonds is 5. The molecule has 0 fully saturated rings. The standard InChI is InChI=1S/C13H15N3O2S/c1-3-16-12(10-7-5-4-6-9(10)2)14-15-13(16)19-8-11(17)18/h4-7H,3,8H2,1-2H3,(H,17,18). The molecule has 1 N–H and O–H groups in total. The Morgan fingerprint density at radius 3 is 2.74 bits per heavy atom. The van der Waals surface area contributed by atoms with Crippen molar-refractivity contribution in [2.24, 2.45) is 0 Å². The van der Waals surface area contributed by atoms with Gasteiger partial charge < -0.3 is 9.67 Å². The van der Waals surface area contributed by atoms with Crippen molar-refractivity contribution in [1.82, 2.24) is 14.8 Å². The third kappa shape index (κ3) is 2.96. The highest BCUT2D eigenvalue weighted by Crippen LogP contribution is 2.25. The quantitative estimate of drug-likeness (QED) is 0.850. The predicted octanol–water partition coefficient (Wildman–Crippen LogP) is 2.45. The summed E-state index contributed by atoms with van der Waals surface area (Å²) in [6.45, 7) is 4.72. The fraction of sp³-hybridized carbons (Fsp3) is 0.308. The van der Waals surface area contributed by atoms with Gasteiger partial charge in [-0.2, -0.15) is 0 Å². The van der Waals surface area contributed by atoms with E-state index in [1.807, 2.05) is 42.7 Å². The van der Waals surface area contributed by atoms with Gasteiger partial charge >= 0.3 is 5.97 Å². The van der Waals surface area contributed by atoms with Crippen LogP contribution in [-0.4, -0.2) is 31.6 Å². The fourth-order valence-corrected chi connectivity index (χ4v) is 2.55. The predicted molar refractivity (Wildman–Crippen MR) is 74.2 cm³/mol. The normalized spacial score (nSPS) is 10.6. The Bertz CT molecular complexity index is 595. The molecule has 0 unspecified atom stereocenters. The number of aryl methyl sites for hydroxylation is 1. The second-order valence-corrected chi connectivity index (χ2v) is 4.99. The highest BCUT2D eigenvalue weighted by molar-refractivity contribution is 7.99. The molecule has 0 amide bonds. The average molecular weight is 277 g/mol. The van der Waals surface area contributed by atoms with E-state index in [-0.39, 0.29) is 5.75 Å². The van der Waals surface area contributed by atoms with Crippen LogP contribution in [0.15, 0.2) is 29.4 Å². The third-order valence-electron chi connectivity index (χ3n) is 2.74. The van der Waals surface area contributed by atoms with Gasteiger partial charge in [-0.15, -0.1) is 10.2 Å². The van der Waals surface area contributed by atoms with Crippen LogP contribution in [0.4, 0.5) is 0 Å². The van der Waals surface area contributed by atoms with Gasteiger partial charge in [0.1, 0.15) is 0 Å². The van der Waals surface area contributed by atoms with E-state index in [1.54, 1.807) is 0 Å². The molecule has 19 heavy (non-hydrogen) atoms. The minimum Gasteiger partial charge on any atom is -0.481 e. The average Bonchev–Trinajstić information content (AvgIpc) is 2.79. The summed E-state index contributed by atoms with van der Waals surface area (Å²) in [6.07, 6.45) is 0. The van der Waals surface area contributed by atoms with Crippen molar-refractivity contribution in [3.63, 3.8) is 0 Å². The Labute approximate surface area is 115 Å². The van der Waals surface area contributed by atoms with Crippen LogP contribution in [0, 0.1) is 6.92 Å². The molecule has 0 bridgehead atoms. The summed E-state index contributed by atoms with van der Waals surface area (Å²) < 4.78 is 1.94. The third-order valence-corrected chi connectivity index (χ3v) is 3.70. The number of benzene rings is 1. The Hall–Kier alpha value is -1.82. The van der Waals surface area contributed by atoms with Gasteiger partial charge in [-0.25, -0.2) is 0 Å². The molecule has 0 aliphatic rings. The number of carboxylic acid groups (broad SMARTS) is 1. The van der Waals surface area contributed by atoms with Crippen molar-refractivity contribution in [3.05, 3.63) is 29.8 Å². The van der Waals surface area contributed by atoms with Crippen LogP contribution in [0.3, 0.4) is 0 Å². The molecule has 1 aromatic carbocycles. The molecular weight excluding hydrogens is 262 g/mol. The Balaban J connectivity index is 2.37. The summed E-state index contributed by atoms with van der Waals surface area (Å²) in [5.74, 6) is -0.0760. The van der Waals surface area contributed by atoms with Crippen LogP contribution in [-0.2, 0) is 11.3 Å². The number of carboxylic acids is 1. The van der Waals surface area contributed by atoms with Gasteiger partial charge in [0.2, 0.25) is 0 Å². The first-order chi connectivity index (χ1) is 9.13. The van der Waals surface area contributed by atoms with E-state index in [0.717, 1.165) is 17.0 Å². The minimum atomic E-state index is -0.854. The lowest BCUT2D eigenvalue weighted by Crippen LogP contribution is -2.03. The van der Waals surface area contributed by atoms with Crippen LogP contribution in [0.5, 0.6) is 0 Å². The Morgan fingerprint density at radius 2 is 2.11 bits per heavy atom. The maximum Gasteiger partial charge on any atom is 0.313 e. The van der Waals surface area contributed by atoms with E-state index >= 15 is 0 Å². The maximum absolute atomic E-state index is 10.6. The van der Waals surface area contributed by atoms with Gasteiger partial charge in [-0.3, -0.25) is 4.79 Å². The van der Waals surface area contributed by atoms with E-state index in [4.69, 9.17) is 5.11 Å². The monoisotopic (exact) mass is 277 g/mol. The summed E-state index contributed by atoms with van der Waals surface area (Å²) >= 11 is 1.19. The molecule has 0 spiro atoms. The molecule has 100 valence electrons. The molecule has 0 aliphatic carbocycles. The molecule has 1 heterocycles. The van der Waals surface area contributed by atoms with Gasteiger partial charge in [0.05, 0.1) is 5.75 Å². The smallest absolute Gasteiger partial charge is 0.313 e. The van der Waals surface area contributed by atoms with Crippen molar-refractivity contribution >= 4 is 17.7 Å². The molecule has 2 rings (SSSR count). The number of hydrogen-bond donors (Lipinski definition) is 1. The topological polar surface area (TPSA) is 68.0 Å². The number of thioether (sulfide) groups is 1. The number of aromatic nitrogens is 3. The Kier molecular flexibility index (Phi) is 4.21. The first kappa shape index (κ1) is 13.6. The summed E-state index contributed by atoms with van der Waals surface area (Å²) in [6, 6.07) is 7.96. The van der Waals surface area contributed by atoms with E-state index < -0.39 is 5.97 Å². The summed E-state index contributed by atoms with van der Waals surface area (Å²) in [4.78, 5) is 10.6. The molecule has 0 aliphatic heterocycles. The second kappa shape index (κ2) is 5.88. The molecule has 0 saturated carbocycles. The van der Waals surface area contributed by atoms with E-state index in [9.17, 15) is 4.79 Å². The summed E-state index contributed by atoms with van der Waals surface area (Å²) in [5, 5.41) is 17.7. The van der Waals surface area contributed by atoms with Gasteiger partial charge in [0.15, 0.2) is 11.0 Å². The molecule has 1 aromatic heterocycles. The van der Waals surface area contributed by atoms with Crippen molar-refractivity contribution in [2.75, 3.05) is 5.75 Å². The number of nitrogens with zero attached hydrogens (tertiary/aromatic N) is 3. The van der Waals surface area contributed by atoms with Crippen LogP contribution in [0.25, 0.3) is 11.4 Å². The van der Waals surface area contributed by atoms with E-state index in [0.29, 0.717) is 11.7 Å². The lowest BCUT2D eigenvalue weighted by Gasteiger charge is -2.08. The van der Waals surface area contributed by atoms with Crippen molar-refractivity contribution < 1.29 is 9.90 Å². The number of hydrogen-bond acceptors (Lipinski definition) is 4. The molecule has 5 nitrogen and oxygen atoms in total. The number of aliphatic carboxylic acids is 1. The Morgan fingerprint density at radius 1 is 1.37 bits per heavy atom. The van der Waals surface area contributed by atoms with Gasteiger partial charge in [0.25, 0.3) is 0 Å². The SMILES string of the molecule is CCn1c(SCC(=O)O)nnc1-c1ccccc1C. The highest BCUT2D eigenvalue weighted by Gasteiger charge is 2.15. The second-order valence-electron chi connectivity index (χ2n) is 4.05. The van der Waals surface area contributed by atoms with Crippen molar-refractivity contribution in [2.45, 2.75) is 25.5 Å². The summed E-state index contributed by atoms with van der Waals surface area (Å²) in [5.41, 5.74) is 2.15. The lowest BCUT2D eigenvalue weighted by atomic mass is 10.1. The van der Waals surface area contributed by atoms with Gasteiger partial charge in [-0.05, 0) is 19.4 Å². The zero-order chi connectivity index (χ0) is 13.8. The molecule has 0 atom stereocenters. The fourth-order valence-electron chi connectivity index (χ4n) is 1.83. The van der Waals surface area contributed by atoms with Crippen LogP contribution in [0.2, 0.25) is 0 Å². The first-order valence-electron chi connectivity index (χ1n) is 5.97. The largest absolute Gasteiger partial charge is 0.481 e. The van der Waals surface area contributed by atoms with Crippen LogP contribution < -0.4 is 0 Å². The maximum atomic E-state index is 10.6. The van der Waals surface area contributed by atoms with E-state index in [1.165, 1.54) is 11.8 Å². The zero-order valence-electron chi connectivity index (χ0n) is 10.8. The first-order valence-corrected chi connectivity index (χ1v) is 6.95. The summed E-state index contributed by atoms with van der Waals surface area (Å²) in [7, 11) is 0. The molecule has 0 saturated heterocycles. The van der Waals surface area contributed by atoms with E-state index in [2.05, 4.69) is 10.2 Å². The highest BCUT2D eigenvalue weighted by atomic mass is 32.2. The van der Waals surface area contributed by atoms with Crippen LogP contribution >= 0.6 is 11.8 Å². The molecular formula is C13H15N3O2S. The van der Waals surface area contributed by atoms with Crippen LogP contribution in [0.1, 0.15) is 12.5 Å².